The van der Waals surface area contributed by atoms with Gasteiger partial charge in [-0.15, -0.1) is 0 Å². The summed E-state index contributed by atoms with van der Waals surface area (Å²) >= 11 is 0. The third-order valence-electron chi connectivity index (χ3n) is 1.44. The summed E-state index contributed by atoms with van der Waals surface area (Å²) in [6, 6.07) is 6.26. The van der Waals surface area contributed by atoms with E-state index >= 15 is 0 Å². The van der Waals surface area contributed by atoms with Gasteiger partial charge in [0.25, 0.3) is 0 Å². The Bertz CT molecular complexity index is 355. The van der Waals surface area contributed by atoms with Gasteiger partial charge in [-0.1, -0.05) is 25.7 Å². The van der Waals surface area contributed by atoms with Crippen LogP contribution in [0.1, 0.15) is 5.56 Å². The lowest BCUT2D eigenvalue weighted by Gasteiger charge is -2.06. The molecule has 0 amide bonds. The normalized spacial score (nSPS) is 12.5. The van der Waals surface area contributed by atoms with E-state index in [-0.39, 0.29) is 4.90 Å². The first kappa shape index (κ1) is 9.65. The first-order chi connectivity index (χ1) is 5.56. The molecule has 1 aromatic carbocycles. The quantitative estimate of drug-likeness (QED) is 0.662. The van der Waals surface area contributed by atoms with Crippen molar-refractivity contribution in [3.8, 4) is 0 Å². The minimum absolute atomic E-state index is 0.112. The molecule has 0 saturated carbocycles. The fourth-order valence-electron chi connectivity index (χ4n) is 0.766. The summed E-state index contributed by atoms with van der Waals surface area (Å²) in [6.07, 6.45) is 0. The van der Waals surface area contributed by atoms with Crippen LogP contribution in [0, 0.1) is 6.92 Å². The van der Waals surface area contributed by atoms with E-state index in [1.807, 2.05) is 6.92 Å². The molecular weight excluding hydrogens is 195 g/mol. The van der Waals surface area contributed by atoms with E-state index in [4.69, 9.17) is 0 Å². The molecule has 1 unspecified atom stereocenters. The summed E-state index contributed by atoms with van der Waals surface area (Å²) in [5, 5.41) is 0. The molecule has 0 bridgehead atoms. The van der Waals surface area contributed by atoms with Gasteiger partial charge >= 0.3 is 0 Å². The molecule has 0 aromatic heterocycles. The fraction of sp³-hybridized carbons (Fsp3) is 0.143. The lowest BCUT2D eigenvalue weighted by atomic mass is 10.2. The van der Waals surface area contributed by atoms with Crippen LogP contribution < -0.4 is 4.89 Å². The molecule has 0 radical (unpaired) electrons. The van der Waals surface area contributed by atoms with Gasteiger partial charge in [0.05, 0.1) is 4.90 Å². The van der Waals surface area contributed by atoms with Crippen molar-refractivity contribution in [3.05, 3.63) is 29.8 Å². The van der Waals surface area contributed by atoms with E-state index in [2.05, 4.69) is 0 Å². The van der Waals surface area contributed by atoms with Crippen molar-refractivity contribution < 1.29 is 13.3 Å². The lowest BCUT2D eigenvalue weighted by Crippen LogP contribution is -1.98. The van der Waals surface area contributed by atoms with Crippen molar-refractivity contribution in [1.29, 1.82) is 0 Å². The zero-order valence-electron chi connectivity index (χ0n) is 6.44. The Hall–Kier alpha value is -0.440. The summed E-state index contributed by atoms with van der Waals surface area (Å²) < 4.78 is 22.0. The highest BCUT2D eigenvalue weighted by molar-refractivity contribution is 8.41. The van der Waals surface area contributed by atoms with E-state index in [0.717, 1.165) is 5.56 Å². The number of hydrogen-bond acceptors (Lipinski definition) is 3. The predicted molar refractivity (Wildman–Crippen MR) is 46.7 cm³/mol. The lowest BCUT2D eigenvalue weighted by molar-refractivity contribution is -0.145. The fourth-order valence-corrected chi connectivity index (χ4v) is 2.05. The average Bonchev–Trinajstić information content (AvgIpc) is 2.05. The Balaban J connectivity index is 3.14. The first-order valence-corrected chi connectivity index (χ1v) is 6.38. The monoisotopic (exact) mass is 203 g/mol. The molecule has 0 aliphatic heterocycles. The zero-order chi connectivity index (χ0) is 9.19. The SMILES string of the molecule is Cc1ccc(S(=O)(=O)P[O-])cc1. The topological polar surface area (TPSA) is 57.2 Å². The molecule has 0 aliphatic carbocycles. The second-order valence-electron chi connectivity index (χ2n) is 2.40. The molecular formula is C7H8O3PS-. The van der Waals surface area contributed by atoms with Crippen LogP contribution in [0.5, 0.6) is 0 Å². The van der Waals surface area contributed by atoms with Gasteiger partial charge in [-0.25, -0.2) is 8.42 Å². The van der Waals surface area contributed by atoms with Crippen molar-refractivity contribution in [2.45, 2.75) is 11.8 Å². The number of rotatable bonds is 2. The standard InChI is InChI=1S/C7H8O3PS/c1-6-2-4-7(5-3-6)12(9,10)11-8/h2-5,11H,1H3/q-1. The molecule has 12 heavy (non-hydrogen) atoms. The van der Waals surface area contributed by atoms with Crippen LogP contribution in [0.3, 0.4) is 0 Å². The van der Waals surface area contributed by atoms with Crippen molar-refractivity contribution in [3.63, 3.8) is 0 Å². The van der Waals surface area contributed by atoms with Crippen LogP contribution in [0.15, 0.2) is 29.2 Å². The van der Waals surface area contributed by atoms with Crippen LogP contribution in [-0.2, 0) is 9.46 Å². The Kier molecular flexibility index (Phi) is 2.83. The van der Waals surface area contributed by atoms with Crippen LogP contribution in [-0.4, -0.2) is 8.42 Å². The molecule has 0 N–H and O–H groups in total. The number of benzene rings is 1. The summed E-state index contributed by atoms with van der Waals surface area (Å²) in [5.41, 5.74) is 0.975. The molecule has 3 nitrogen and oxygen atoms in total. The minimum atomic E-state index is -3.54. The maximum atomic E-state index is 11.0. The number of aryl methyl sites for hydroxylation is 1. The first-order valence-electron chi connectivity index (χ1n) is 3.27. The van der Waals surface area contributed by atoms with Crippen molar-refractivity contribution >= 4 is 17.5 Å². The van der Waals surface area contributed by atoms with E-state index in [0.29, 0.717) is 0 Å². The Labute approximate surface area is 73.0 Å². The Morgan fingerprint density at radius 3 is 2.17 bits per heavy atom. The average molecular weight is 203 g/mol. The molecule has 0 fully saturated rings. The highest BCUT2D eigenvalue weighted by atomic mass is 32.8. The molecule has 1 rings (SSSR count). The molecule has 0 spiro atoms. The Morgan fingerprint density at radius 2 is 1.75 bits per heavy atom. The third kappa shape index (κ3) is 2.03. The van der Waals surface area contributed by atoms with Gasteiger partial charge in [-0.2, -0.15) is 0 Å². The smallest absolute Gasteiger partial charge is 0.177 e. The van der Waals surface area contributed by atoms with Crippen LogP contribution in [0.25, 0.3) is 0 Å². The van der Waals surface area contributed by atoms with Crippen LogP contribution in [0.4, 0.5) is 0 Å². The molecule has 5 heteroatoms. The molecule has 0 aliphatic rings. The summed E-state index contributed by atoms with van der Waals surface area (Å²) in [5.74, 6) is 0. The van der Waals surface area contributed by atoms with Gasteiger partial charge in [-0.3, -0.25) is 0 Å². The summed E-state index contributed by atoms with van der Waals surface area (Å²) in [4.78, 5) is 10.4. The predicted octanol–water partition coefficient (Wildman–Crippen LogP) is 0.638. The van der Waals surface area contributed by atoms with Crippen molar-refractivity contribution in [1.82, 2.24) is 0 Å². The molecule has 1 aromatic rings. The van der Waals surface area contributed by atoms with Gasteiger partial charge in [-0.05, 0) is 19.1 Å². The van der Waals surface area contributed by atoms with Crippen molar-refractivity contribution in [2.24, 2.45) is 0 Å². The highest BCUT2D eigenvalue weighted by Gasteiger charge is 2.06. The van der Waals surface area contributed by atoms with Crippen LogP contribution >= 0.6 is 8.01 Å². The van der Waals surface area contributed by atoms with E-state index in [1.165, 1.54) is 12.1 Å². The van der Waals surface area contributed by atoms with Gasteiger partial charge < -0.3 is 4.89 Å². The van der Waals surface area contributed by atoms with Crippen molar-refractivity contribution in [2.75, 3.05) is 0 Å². The van der Waals surface area contributed by atoms with Gasteiger partial charge in [0, 0.05) is 0 Å². The molecule has 0 heterocycles. The van der Waals surface area contributed by atoms with Gasteiger partial charge in [0.15, 0.2) is 9.46 Å². The van der Waals surface area contributed by atoms with Crippen LogP contribution in [0.2, 0.25) is 0 Å². The minimum Gasteiger partial charge on any atom is -0.820 e. The molecule has 66 valence electrons. The van der Waals surface area contributed by atoms with Gasteiger partial charge in [0.2, 0.25) is 0 Å². The summed E-state index contributed by atoms with van der Waals surface area (Å²) in [7, 11) is -4.86. The van der Waals surface area contributed by atoms with Gasteiger partial charge in [0.1, 0.15) is 0 Å². The zero-order valence-corrected chi connectivity index (χ0v) is 8.26. The highest BCUT2D eigenvalue weighted by Crippen LogP contribution is 2.22. The Morgan fingerprint density at radius 1 is 1.25 bits per heavy atom. The maximum Gasteiger partial charge on any atom is 0.177 e. The second-order valence-corrected chi connectivity index (χ2v) is 6.16. The largest absolute Gasteiger partial charge is 0.820 e. The third-order valence-corrected chi connectivity index (χ3v) is 3.92. The maximum absolute atomic E-state index is 11.0. The number of hydrogen-bond donors (Lipinski definition) is 0. The summed E-state index contributed by atoms with van der Waals surface area (Å²) in [6.45, 7) is 1.86. The molecule has 1 atom stereocenters. The van der Waals surface area contributed by atoms with E-state index < -0.39 is 17.5 Å². The van der Waals surface area contributed by atoms with E-state index in [9.17, 15) is 13.3 Å². The second kappa shape index (κ2) is 3.52. The van der Waals surface area contributed by atoms with E-state index in [1.54, 1.807) is 12.1 Å². The molecule has 0 saturated heterocycles.